The molecule has 0 saturated carbocycles. The number of morpholine rings is 1. The number of amidine groups is 1. The highest BCUT2D eigenvalue weighted by atomic mass is 32.2. The molecule has 0 aromatic carbocycles. The van der Waals surface area contributed by atoms with E-state index >= 15 is 0 Å². The van der Waals surface area contributed by atoms with E-state index < -0.39 is 0 Å². The van der Waals surface area contributed by atoms with E-state index in [0.717, 1.165) is 44.6 Å². The lowest BCUT2D eigenvalue weighted by atomic mass is 10.1. The second-order valence-corrected chi connectivity index (χ2v) is 6.73. The van der Waals surface area contributed by atoms with Crippen LogP contribution in [0, 0.1) is 5.92 Å². The van der Waals surface area contributed by atoms with Crippen molar-refractivity contribution in [3.8, 4) is 0 Å². The van der Waals surface area contributed by atoms with E-state index in [9.17, 15) is 0 Å². The highest BCUT2D eigenvalue weighted by Gasteiger charge is 2.23. The lowest BCUT2D eigenvalue weighted by molar-refractivity contribution is 0.0353. The van der Waals surface area contributed by atoms with Gasteiger partial charge in [0.05, 0.1) is 19.8 Å². The average molecular weight is 271 g/mol. The maximum absolute atomic E-state index is 5.37. The Kier molecular flexibility index (Phi) is 5.33. The normalized spacial score (nSPS) is 27.3. The van der Waals surface area contributed by atoms with Crippen molar-refractivity contribution in [1.29, 1.82) is 0 Å². The minimum absolute atomic E-state index is 0.459. The van der Waals surface area contributed by atoms with Crippen molar-refractivity contribution in [2.24, 2.45) is 10.9 Å². The molecule has 0 aliphatic carbocycles. The van der Waals surface area contributed by atoms with Gasteiger partial charge in [0.25, 0.3) is 0 Å². The van der Waals surface area contributed by atoms with E-state index in [2.05, 4.69) is 36.0 Å². The maximum atomic E-state index is 5.37. The molecule has 1 N–H and O–H groups in total. The number of rotatable bonds is 4. The zero-order valence-corrected chi connectivity index (χ0v) is 12.5. The first-order chi connectivity index (χ1) is 8.65. The average Bonchev–Trinajstić information content (AvgIpc) is 2.78. The number of hydrogen-bond acceptors (Lipinski definition) is 5. The molecule has 5 heteroatoms. The van der Waals surface area contributed by atoms with Crippen LogP contribution in [-0.2, 0) is 4.74 Å². The molecule has 1 saturated heterocycles. The van der Waals surface area contributed by atoms with E-state index in [1.54, 1.807) is 0 Å². The number of thioether (sulfide) groups is 1. The first-order valence-corrected chi connectivity index (χ1v) is 7.81. The molecule has 0 aromatic heterocycles. The van der Waals surface area contributed by atoms with Gasteiger partial charge in [0.15, 0.2) is 5.17 Å². The van der Waals surface area contributed by atoms with Crippen molar-refractivity contribution >= 4 is 16.9 Å². The molecule has 104 valence electrons. The van der Waals surface area contributed by atoms with Crippen LogP contribution in [0.15, 0.2) is 4.99 Å². The quantitative estimate of drug-likeness (QED) is 0.839. The summed E-state index contributed by atoms with van der Waals surface area (Å²) in [6, 6.07) is 0.459. The van der Waals surface area contributed by atoms with E-state index in [1.165, 1.54) is 0 Å². The Morgan fingerprint density at radius 3 is 2.72 bits per heavy atom. The zero-order chi connectivity index (χ0) is 13.0. The fraction of sp³-hybridized carbons (Fsp3) is 0.923. The van der Waals surface area contributed by atoms with Crippen LogP contribution in [0.3, 0.4) is 0 Å². The molecule has 2 rings (SSSR count). The Morgan fingerprint density at radius 1 is 1.39 bits per heavy atom. The molecule has 0 radical (unpaired) electrons. The molecule has 18 heavy (non-hydrogen) atoms. The van der Waals surface area contributed by atoms with Gasteiger partial charge in [-0.05, 0) is 12.8 Å². The van der Waals surface area contributed by atoms with Crippen LogP contribution in [0.25, 0.3) is 0 Å². The lowest BCUT2D eigenvalue weighted by Gasteiger charge is -2.29. The molecule has 2 heterocycles. The number of nitrogens with one attached hydrogen (secondary N) is 1. The highest BCUT2D eigenvalue weighted by Crippen LogP contribution is 2.26. The molecule has 2 atom stereocenters. The van der Waals surface area contributed by atoms with Crippen molar-refractivity contribution in [3.05, 3.63) is 0 Å². The smallest absolute Gasteiger partial charge is 0.157 e. The Bertz CT molecular complexity index is 290. The summed E-state index contributed by atoms with van der Waals surface area (Å²) >= 11 is 1.90. The molecule has 0 spiro atoms. The highest BCUT2D eigenvalue weighted by molar-refractivity contribution is 8.14. The number of ether oxygens (including phenoxy) is 1. The van der Waals surface area contributed by atoms with Gasteiger partial charge in [-0.15, -0.1) is 0 Å². The maximum Gasteiger partial charge on any atom is 0.157 e. The van der Waals surface area contributed by atoms with Crippen molar-refractivity contribution in [2.75, 3.05) is 39.4 Å². The summed E-state index contributed by atoms with van der Waals surface area (Å²) in [4.78, 5) is 7.06. The molecule has 4 nitrogen and oxygen atoms in total. The predicted molar refractivity (Wildman–Crippen MR) is 78.4 cm³/mol. The van der Waals surface area contributed by atoms with Gasteiger partial charge in [0.2, 0.25) is 0 Å². The molecule has 1 fully saturated rings. The molecular weight excluding hydrogens is 246 g/mol. The lowest BCUT2D eigenvalue weighted by Crippen LogP contribution is -2.45. The third-order valence-electron chi connectivity index (χ3n) is 3.43. The summed E-state index contributed by atoms with van der Waals surface area (Å²) in [5.41, 5.74) is 0. The van der Waals surface area contributed by atoms with Crippen LogP contribution in [0.1, 0.15) is 20.8 Å². The first kappa shape index (κ1) is 14.2. The van der Waals surface area contributed by atoms with Gasteiger partial charge in [-0.1, -0.05) is 25.6 Å². The monoisotopic (exact) mass is 271 g/mol. The SMILES string of the molecule is CC(CN1CCOCC1)NC1=NCC(C(C)C)S1. The van der Waals surface area contributed by atoms with E-state index in [0.29, 0.717) is 17.2 Å². The van der Waals surface area contributed by atoms with Gasteiger partial charge >= 0.3 is 0 Å². The summed E-state index contributed by atoms with van der Waals surface area (Å²) in [6.45, 7) is 12.7. The Morgan fingerprint density at radius 2 is 2.11 bits per heavy atom. The molecule has 2 aliphatic heterocycles. The fourth-order valence-corrected chi connectivity index (χ4v) is 3.37. The Hall–Kier alpha value is -0.260. The third kappa shape index (κ3) is 4.14. The molecule has 0 bridgehead atoms. The van der Waals surface area contributed by atoms with E-state index in [-0.39, 0.29) is 0 Å². The van der Waals surface area contributed by atoms with Gasteiger partial charge in [-0.3, -0.25) is 9.89 Å². The second-order valence-electron chi connectivity index (χ2n) is 5.50. The third-order valence-corrected chi connectivity index (χ3v) is 4.89. The van der Waals surface area contributed by atoms with Crippen LogP contribution in [-0.4, -0.2) is 60.8 Å². The van der Waals surface area contributed by atoms with Crippen LogP contribution >= 0.6 is 11.8 Å². The van der Waals surface area contributed by atoms with Crippen LogP contribution in [0.2, 0.25) is 0 Å². The van der Waals surface area contributed by atoms with Crippen molar-refractivity contribution < 1.29 is 4.74 Å². The Labute approximate surface area is 115 Å². The summed E-state index contributed by atoms with van der Waals surface area (Å²) in [5, 5.41) is 5.33. The predicted octanol–water partition coefficient (Wildman–Crippen LogP) is 1.42. The minimum atomic E-state index is 0.459. The standard InChI is InChI=1S/C13H25N3OS/c1-10(2)12-8-14-13(18-12)15-11(3)9-16-4-6-17-7-5-16/h10-12H,4-9H2,1-3H3,(H,14,15). The number of nitrogens with zero attached hydrogens (tertiary/aromatic N) is 2. The van der Waals surface area contributed by atoms with Crippen molar-refractivity contribution in [2.45, 2.75) is 32.1 Å². The second kappa shape index (κ2) is 6.78. The van der Waals surface area contributed by atoms with Gasteiger partial charge in [0, 0.05) is 30.9 Å². The number of aliphatic imine (C=N–C) groups is 1. The van der Waals surface area contributed by atoms with Crippen molar-refractivity contribution in [3.63, 3.8) is 0 Å². The van der Waals surface area contributed by atoms with Gasteiger partial charge in [-0.2, -0.15) is 0 Å². The molecule has 0 aromatic rings. The summed E-state index contributed by atoms with van der Waals surface area (Å²) in [7, 11) is 0. The fourth-order valence-electron chi connectivity index (χ4n) is 2.24. The molecular formula is C13H25N3OS. The largest absolute Gasteiger partial charge is 0.379 e. The van der Waals surface area contributed by atoms with Crippen molar-refractivity contribution in [1.82, 2.24) is 10.2 Å². The van der Waals surface area contributed by atoms with Gasteiger partial charge in [-0.25, -0.2) is 0 Å². The van der Waals surface area contributed by atoms with Gasteiger partial charge < -0.3 is 10.1 Å². The van der Waals surface area contributed by atoms with Crippen LogP contribution in [0.4, 0.5) is 0 Å². The van der Waals surface area contributed by atoms with E-state index in [1.807, 2.05) is 11.8 Å². The summed E-state index contributed by atoms with van der Waals surface area (Å²) < 4.78 is 5.37. The first-order valence-electron chi connectivity index (χ1n) is 6.93. The van der Waals surface area contributed by atoms with Gasteiger partial charge in [0.1, 0.15) is 0 Å². The molecule has 0 amide bonds. The minimum Gasteiger partial charge on any atom is -0.379 e. The molecule has 2 unspecified atom stereocenters. The summed E-state index contributed by atoms with van der Waals surface area (Å²) in [6.07, 6.45) is 0. The Balaban J connectivity index is 1.69. The van der Waals surface area contributed by atoms with E-state index in [4.69, 9.17) is 4.74 Å². The van der Waals surface area contributed by atoms with Crippen LogP contribution in [0.5, 0.6) is 0 Å². The summed E-state index contributed by atoms with van der Waals surface area (Å²) in [5.74, 6) is 0.701. The number of hydrogen-bond donors (Lipinski definition) is 1. The zero-order valence-electron chi connectivity index (χ0n) is 11.7. The molecule has 2 aliphatic rings. The van der Waals surface area contributed by atoms with Crippen LogP contribution < -0.4 is 5.32 Å². The topological polar surface area (TPSA) is 36.9 Å².